The molecule has 1 nitrogen and oxygen atoms in total. The quantitative estimate of drug-likeness (QED) is 0.185. The minimum Gasteiger partial charge on any atom is -0.455 e. The molecule has 0 atom stereocenters. The molecule has 218 valence electrons. The van der Waals surface area contributed by atoms with Gasteiger partial charge in [0.15, 0.2) is 0 Å². The molecule has 10 aromatic rings. The van der Waals surface area contributed by atoms with Gasteiger partial charge in [0.25, 0.3) is 0 Å². The van der Waals surface area contributed by atoms with Crippen LogP contribution in [0.2, 0.25) is 0 Å². The van der Waals surface area contributed by atoms with E-state index in [1.807, 2.05) is 0 Å². The van der Waals surface area contributed by atoms with Crippen molar-refractivity contribution < 1.29 is 4.42 Å². The molecule has 47 heavy (non-hydrogen) atoms. The summed E-state index contributed by atoms with van der Waals surface area (Å²) >= 11 is 0. The largest absolute Gasteiger partial charge is 0.455 e. The SMILES string of the molecule is c1ccc(-c2cccc(-c3c4ccccc4c(-c4cc5c6ccc7ccccc7c6oc5c5ccccc45)c4ccccc34)c2)cc1. The number of hydrogen-bond acceptors (Lipinski definition) is 1. The van der Waals surface area contributed by atoms with Crippen LogP contribution in [-0.2, 0) is 0 Å². The molecule has 0 aliphatic rings. The first kappa shape index (κ1) is 26.1. The first-order chi connectivity index (χ1) is 23.3. The summed E-state index contributed by atoms with van der Waals surface area (Å²) in [4.78, 5) is 0. The third kappa shape index (κ3) is 3.90. The molecule has 0 amide bonds. The normalized spacial score (nSPS) is 11.8. The summed E-state index contributed by atoms with van der Waals surface area (Å²) in [6.45, 7) is 0. The van der Waals surface area contributed by atoms with Gasteiger partial charge in [-0.25, -0.2) is 0 Å². The second-order valence-electron chi connectivity index (χ2n) is 12.4. The molecule has 0 aliphatic carbocycles. The molecule has 0 N–H and O–H groups in total. The summed E-state index contributed by atoms with van der Waals surface area (Å²) in [6, 6.07) is 61.5. The van der Waals surface area contributed by atoms with Crippen molar-refractivity contribution in [3.63, 3.8) is 0 Å². The lowest BCUT2D eigenvalue weighted by Gasteiger charge is -2.19. The molecule has 1 heterocycles. The van der Waals surface area contributed by atoms with Gasteiger partial charge in [-0.1, -0.05) is 152 Å². The molecule has 0 saturated heterocycles. The zero-order chi connectivity index (χ0) is 30.9. The van der Waals surface area contributed by atoms with Crippen LogP contribution < -0.4 is 0 Å². The molecule has 0 aliphatic heterocycles. The van der Waals surface area contributed by atoms with Crippen LogP contribution in [-0.4, -0.2) is 0 Å². The van der Waals surface area contributed by atoms with Gasteiger partial charge in [0.2, 0.25) is 0 Å². The molecular weight excluding hydrogens is 569 g/mol. The Balaban J connectivity index is 1.33. The molecule has 0 spiro atoms. The van der Waals surface area contributed by atoms with Crippen molar-refractivity contribution in [2.24, 2.45) is 0 Å². The van der Waals surface area contributed by atoms with Gasteiger partial charge in [-0.15, -0.1) is 0 Å². The first-order valence-corrected chi connectivity index (χ1v) is 16.2. The molecule has 0 saturated carbocycles. The fraction of sp³-hybridized carbons (Fsp3) is 0. The second kappa shape index (κ2) is 10.2. The predicted octanol–water partition coefficient (Wildman–Crippen LogP) is 13.2. The van der Waals surface area contributed by atoms with Crippen LogP contribution in [0.3, 0.4) is 0 Å². The maximum atomic E-state index is 6.77. The lowest BCUT2D eigenvalue weighted by molar-refractivity contribution is 0.676. The molecule has 0 bridgehead atoms. The van der Waals surface area contributed by atoms with Gasteiger partial charge in [-0.3, -0.25) is 0 Å². The first-order valence-electron chi connectivity index (χ1n) is 16.2. The summed E-state index contributed by atoms with van der Waals surface area (Å²) in [6.07, 6.45) is 0. The van der Waals surface area contributed by atoms with Crippen LogP contribution >= 0.6 is 0 Å². The molecule has 0 fully saturated rings. The van der Waals surface area contributed by atoms with Gasteiger partial charge in [-0.2, -0.15) is 0 Å². The van der Waals surface area contributed by atoms with Gasteiger partial charge in [0, 0.05) is 21.5 Å². The highest BCUT2D eigenvalue weighted by Gasteiger charge is 2.21. The van der Waals surface area contributed by atoms with E-state index in [2.05, 4.69) is 170 Å². The van der Waals surface area contributed by atoms with Gasteiger partial charge >= 0.3 is 0 Å². The van der Waals surface area contributed by atoms with Crippen LogP contribution in [0, 0.1) is 0 Å². The van der Waals surface area contributed by atoms with E-state index >= 15 is 0 Å². The van der Waals surface area contributed by atoms with Crippen molar-refractivity contribution in [1.29, 1.82) is 0 Å². The molecule has 0 radical (unpaired) electrons. The van der Waals surface area contributed by atoms with Crippen molar-refractivity contribution in [2.45, 2.75) is 0 Å². The molecule has 0 unspecified atom stereocenters. The molecule has 10 rings (SSSR count). The standard InChI is InChI=1S/C46H28O/c1-2-13-29(14-3-1)31-16-12-17-32(27-31)43-35-20-7-9-22-37(35)44(38-23-10-8-21-36(38)43)41-28-42-40-26-25-30-15-4-5-18-33(30)45(40)47-46(42)39-24-11-6-19-34(39)41/h1-28H. The molecular formula is C46H28O. The highest BCUT2D eigenvalue weighted by atomic mass is 16.3. The van der Waals surface area contributed by atoms with Crippen LogP contribution in [0.25, 0.3) is 98.4 Å². The Labute approximate surface area is 271 Å². The third-order valence-corrected chi connectivity index (χ3v) is 9.83. The Bertz CT molecular complexity index is 2780. The maximum Gasteiger partial charge on any atom is 0.143 e. The Hall–Kier alpha value is -6.18. The molecule has 9 aromatic carbocycles. The van der Waals surface area contributed by atoms with Crippen molar-refractivity contribution in [3.05, 3.63) is 170 Å². The average Bonchev–Trinajstić information content (AvgIpc) is 3.53. The number of hydrogen-bond donors (Lipinski definition) is 0. The fourth-order valence-electron chi connectivity index (χ4n) is 7.75. The van der Waals surface area contributed by atoms with Crippen LogP contribution in [0.15, 0.2) is 174 Å². The van der Waals surface area contributed by atoms with E-state index in [4.69, 9.17) is 4.42 Å². The highest BCUT2D eigenvalue weighted by Crippen LogP contribution is 2.48. The number of fused-ring (bicyclic) bond motifs is 9. The Morgan fingerprint density at radius 2 is 0.787 bits per heavy atom. The zero-order valence-corrected chi connectivity index (χ0v) is 25.6. The van der Waals surface area contributed by atoms with E-state index in [-0.39, 0.29) is 0 Å². The van der Waals surface area contributed by atoms with Gasteiger partial charge in [0.05, 0.1) is 0 Å². The van der Waals surface area contributed by atoms with Gasteiger partial charge in [0.1, 0.15) is 11.2 Å². The minimum absolute atomic E-state index is 0.943. The van der Waals surface area contributed by atoms with E-state index in [1.54, 1.807) is 0 Å². The predicted molar refractivity (Wildman–Crippen MR) is 200 cm³/mol. The lowest BCUT2D eigenvalue weighted by Crippen LogP contribution is -1.92. The Morgan fingerprint density at radius 3 is 1.51 bits per heavy atom. The maximum absolute atomic E-state index is 6.77. The Morgan fingerprint density at radius 1 is 0.277 bits per heavy atom. The molecule has 1 heteroatoms. The van der Waals surface area contributed by atoms with Gasteiger partial charge < -0.3 is 4.42 Å². The van der Waals surface area contributed by atoms with Crippen LogP contribution in [0.1, 0.15) is 0 Å². The number of benzene rings is 9. The van der Waals surface area contributed by atoms with Crippen molar-refractivity contribution in [3.8, 4) is 33.4 Å². The van der Waals surface area contributed by atoms with E-state index < -0.39 is 0 Å². The number of rotatable bonds is 3. The highest BCUT2D eigenvalue weighted by molar-refractivity contribution is 6.28. The fourth-order valence-corrected chi connectivity index (χ4v) is 7.75. The summed E-state index contributed by atoms with van der Waals surface area (Å²) in [7, 11) is 0. The van der Waals surface area contributed by atoms with Crippen molar-refractivity contribution in [1.82, 2.24) is 0 Å². The minimum atomic E-state index is 0.943. The topological polar surface area (TPSA) is 13.1 Å². The smallest absolute Gasteiger partial charge is 0.143 e. The van der Waals surface area contributed by atoms with Gasteiger partial charge in [-0.05, 0) is 83.9 Å². The van der Waals surface area contributed by atoms with Crippen molar-refractivity contribution >= 4 is 65.0 Å². The monoisotopic (exact) mass is 596 g/mol. The molecule has 1 aromatic heterocycles. The lowest BCUT2D eigenvalue weighted by atomic mass is 9.84. The number of furan rings is 1. The van der Waals surface area contributed by atoms with Crippen LogP contribution in [0.4, 0.5) is 0 Å². The van der Waals surface area contributed by atoms with E-state index in [0.717, 1.165) is 32.7 Å². The average molecular weight is 597 g/mol. The van der Waals surface area contributed by atoms with E-state index in [9.17, 15) is 0 Å². The van der Waals surface area contributed by atoms with Crippen LogP contribution in [0.5, 0.6) is 0 Å². The van der Waals surface area contributed by atoms with E-state index in [1.165, 1.54) is 65.7 Å². The summed E-state index contributed by atoms with van der Waals surface area (Å²) in [5, 5.41) is 11.9. The summed E-state index contributed by atoms with van der Waals surface area (Å²) < 4.78 is 6.77. The van der Waals surface area contributed by atoms with Crippen molar-refractivity contribution in [2.75, 3.05) is 0 Å². The third-order valence-electron chi connectivity index (χ3n) is 9.83. The second-order valence-corrected chi connectivity index (χ2v) is 12.4. The van der Waals surface area contributed by atoms with E-state index in [0.29, 0.717) is 0 Å². The zero-order valence-electron chi connectivity index (χ0n) is 25.6. The summed E-state index contributed by atoms with van der Waals surface area (Å²) in [5.41, 5.74) is 9.30. The Kier molecular flexibility index (Phi) is 5.64. The summed E-state index contributed by atoms with van der Waals surface area (Å²) in [5.74, 6) is 0.